The van der Waals surface area contributed by atoms with Gasteiger partial charge in [0.25, 0.3) is 0 Å². The Hall–Kier alpha value is -4.35. The zero-order valence-corrected chi connectivity index (χ0v) is 16.1. The molecule has 9 nitrogen and oxygen atoms in total. The highest BCUT2D eigenvalue weighted by molar-refractivity contribution is 5.73. The zero-order chi connectivity index (χ0) is 22.1. The van der Waals surface area contributed by atoms with Crippen molar-refractivity contribution in [3.05, 3.63) is 72.4 Å². The van der Waals surface area contributed by atoms with Crippen LogP contribution in [0.5, 0.6) is 0 Å². The molecule has 0 bridgehead atoms. The molecule has 0 amide bonds. The van der Waals surface area contributed by atoms with E-state index in [0.717, 1.165) is 24.1 Å². The molecule has 0 radical (unpaired) electrons. The Morgan fingerprint density at radius 1 is 0.969 bits per heavy atom. The lowest BCUT2D eigenvalue weighted by molar-refractivity contribution is -0.137. The van der Waals surface area contributed by atoms with Gasteiger partial charge in [-0.1, -0.05) is 47.6 Å². The van der Waals surface area contributed by atoms with E-state index in [2.05, 4.69) is 30.7 Å². The maximum Gasteiger partial charge on any atom is 0.416 e. The van der Waals surface area contributed by atoms with Gasteiger partial charge < -0.3 is 8.94 Å². The zero-order valence-electron chi connectivity index (χ0n) is 16.1. The van der Waals surface area contributed by atoms with Gasteiger partial charge in [-0.3, -0.25) is 0 Å². The van der Waals surface area contributed by atoms with Crippen LogP contribution in [0.15, 0.2) is 69.9 Å². The molecule has 32 heavy (non-hydrogen) atoms. The highest BCUT2D eigenvalue weighted by Crippen LogP contribution is 2.35. The van der Waals surface area contributed by atoms with Crippen molar-refractivity contribution < 1.29 is 22.1 Å². The summed E-state index contributed by atoms with van der Waals surface area (Å²) in [5.41, 5.74) is 0.337. The average Bonchev–Trinajstić information content (AvgIpc) is 3.55. The fraction of sp³-hybridized carbons (Fsp3) is 0.100. The second-order valence-electron chi connectivity index (χ2n) is 6.65. The van der Waals surface area contributed by atoms with Crippen LogP contribution in [0.4, 0.5) is 13.2 Å². The van der Waals surface area contributed by atoms with E-state index in [9.17, 15) is 13.2 Å². The minimum atomic E-state index is -4.49. The van der Waals surface area contributed by atoms with Crippen LogP contribution in [0.3, 0.4) is 0 Å². The van der Waals surface area contributed by atoms with Crippen LogP contribution in [-0.2, 0) is 12.7 Å². The Kier molecular flexibility index (Phi) is 4.73. The Balaban J connectivity index is 1.43. The second-order valence-corrected chi connectivity index (χ2v) is 6.65. The smallest absolute Gasteiger partial charge is 0.416 e. The maximum absolute atomic E-state index is 13.1. The molecule has 12 heteroatoms. The molecule has 0 aliphatic heterocycles. The number of hydrogen-bond acceptors (Lipinski definition) is 8. The van der Waals surface area contributed by atoms with Gasteiger partial charge in [-0.25, -0.2) is 9.67 Å². The van der Waals surface area contributed by atoms with Gasteiger partial charge in [0.15, 0.2) is 23.7 Å². The van der Waals surface area contributed by atoms with Gasteiger partial charge in [-0.05, 0) is 22.6 Å². The predicted octanol–water partition coefficient (Wildman–Crippen LogP) is 4.11. The number of nitrogens with zero attached hydrogens (tertiary/aromatic N) is 7. The number of hydrogen-bond donors (Lipinski definition) is 0. The summed E-state index contributed by atoms with van der Waals surface area (Å²) < 4.78 is 51.3. The topological polar surface area (TPSA) is 109 Å². The van der Waals surface area contributed by atoms with Crippen LogP contribution in [0.2, 0.25) is 0 Å². The van der Waals surface area contributed by atoms with Crippen molar-refractivity contribution >= 4 is 0 Å². The van der Waals surface area contributed by atoms with E-state index in [1.54, 1.807) is 0 Å². The van der Waals surface area contributed by atoms with Crippen molar-refractivity contribution in [3.63, 3.8) is 0 Å². The molecular weight excluding hydrogens is 427 g/mol. The Morgan fingerprint density at radius 2 is 1.78 bits per heavy atom. The molecule has 0 aliphatic carbocycles. The SMILES string of the molecule is FC(F)(F)c1cccc(-c2ocnc2-c2noc(Cn3nnnc3-c3ccccc3)n2)c1. The van der Waals surface area contributed by atoms with E-state index in [4.69, 9.17) is 8.94 Å². The molecule has 0 spiro atoms. The molecular formula is C20H12F3N7O2. The molecule has 2 aromatic carbocycles. The van der Waals surface area contributed by atoms with Crippen molar-refractivity contribution in [2.45, 2.75) is 12.7 Å². The predicted molar refractivity (Wildman–Crippen MR) is 103 cm³/mol. The summed E-state index contributed by atoms with van der Waals surface area (Å²) >= 11 is 0. The minimum absolute atomic E-state index is 0.0653. The second kappa shape index (κ2) is 7.72. The highest BCUT2D eigenvalue weighted by Gasteiger charge is 2.31. The van der Waals surface area contributed by atoms with Crippen molar-refractivity contribution in [1.29, 1.82) is 0 Å². The van der Waals surface area contributed by atoms with E-state index < -0.39 is 11.7 Å². The number of alkyl halides is 3. The number of halogens is 3. The molecule has 3 heterocycles. The summed E-state index contributed by atoms with van der Waals surface area (Å²) in [4.78, 5) is 8.33. The highest BCUT2D eigenvalue weighted by atomic mass is 19.4. The van der Waals surface area contributed by atoms with Gasteiger partial charge in [0.2, 0.25) is 11.7 Å². The van der Waals surface area contributed by atoms with Crippen LogP contribution < -0.4 is 0 Å². The van der Waals surface area contributed by atoms with Crippen molar-refractivity contribution in [3.8, 4) is 34.2 Å². The van der Waals surface area contributed by atoms with Gasteiger partial charge in [0, 0.05) is 11.1 Å². The number of benzene rings is 2. The monoisotopic (exact) mass is 439 g/mol. The van der Waals surface area contributed by atoms with Gasteiger partial charge in [-0.2, -0.15) is 18.2 Å². The van der Waals surface area contributed by atoms with Crippen LogP contribution in [0, 0.1) is 0 Å². The molecule has 0 saturated carbocycles. The first kappa shape index (κ1) is 19.6. The molecule has 5 aromatic rings. The third kappa shape index (κ3) is 3.73. The number of tetrazole rings is 1. The Morgan fingerprint density at radius 3 is 2.59 bits per heavy atom. The first-order valence-corrected chi connectivity index (χ1v) is 9.25. The molecule has 0 unspecified atom stereocenters. The number of aromatic nitrogens is 7. The summed E-state index contributed by atoms with van der Waals surface area (Å²) in [6.07, 6.45) is -3.38. The fourth-order valence-electron chi connectivity index (χ4n) is 3.10. The summed E-state index contributed by atoms with van der Waals surface area (Å²) in [7, 11) is 0. The maximum atomic E-state index is 13.1. The van der Waals surface area contributed by atoms with Gasteiger partial charge in [-0.15, -0.1) is 5.10 Å². The molecule has 0 atom stereocenters. The summed E-state index contributed by atoms with van der Waals surface area (Å²) in [5.74, 6) is 0.852. The van der Waals surface area contributed by atoms with E-state index in [1.165, 1.54) is 16.8 Å². The molecule has 5 rings (SSSR count). The number of oxazole rings is 1. The lowest BCUT2D eigenvalue weighted by Crippen LogP contribution is -2.05. The third-order valence-electron chi connectivity index (χ3n) is 4.55. The van der Waals surface area contributed by atoms with E-state index in [0.29, 0.717) is 5.82 Å². The molecule has 0 aliphatic rings. The molecule has 3 aromatic heterocycles. The van der Waals surface area contributed by atoms with E-state index in [1.807, 2.05) is 30.3 Å². The quantitative estimate of drug-likeness (QED) is 0.403. The lowest BCUT2D eigenvalue weighted by Gasteiger charge is -2.07. The molecule has 0 fully saturated rings. The summed E-state index contributed by atoms with van der Waals surface area (Å²) in [6.45, 7) is 0.0843. The van der Waals surface area contributed by atoms with Crippen LogP contribution in [0.25, 0.3) is 34.2 Å². The first-order valence-electron chi connectivity index (χ1n) is 9.25. The van der Waals surface area contributed by atoms with Gasteiger partial charge in [0.1, 0.15) is 6.54 Å². The van der Waals surface area contributed by atoms with Gasteiger partial charge in [0.05, 0.1) is 5.56 Å². The fourth-order valence-corrected chi connectivity index (χ4v) is 3.10. The van der Waals surface area contributed by atoms with Crippen LogP contribution >= 0.6 is 0 Å². The van der Waals surface area contributed by atoms with Crippen molar-refractivity contribution in [2.24, 2.45) is 0 Å². The standard InChI is InChI=1S/C20H12F3N7O2/c21-20(22,23)14-8-4-7-13(9-14)17-16(24-11-31-17)18-25-15(32-27-18)10-30-19(26-28-29-30)12-5-2-1-3-6-12/h1-9,11H,10H2. The third-order valence-corrected chi connectivity index (χ3v) is 4.55. The first-order chi connectivity index (χ1) is 15.5. The van der Waals surface area contributed by atoms with E-state index >= 15 is 0 Å². The lowest BCUT2D eigenvalue weighted by atomic mass is 10.1. The largest absolute Gasteiger partial charge is 0.443 e. The molecule has 160 valence electrons. The van der Waals surface area contributed by atoms with Crippen LogP contribution in [-0.4, -0.2) is 35.3 Å². The minimum Gasteiger partial charge on any atom is -0.443 e. The van der Waals surface area contributed by atoms with Crippen molar-refractivity contribution in [2.75, 3.05) is 0 Å². The molecule has 0 N–H and O–H groups in total. The normalized spacial score (nSPS) is 11.7. The van der Waals surface area contributed by atoms with Gasteiger partial charge >= 0.3 is 6.18 Å². The average molecular weight is 439 g/mol. The van der Waals surface area contributed by atoms with Crippen molar-refractivity contribution in [1.82, 2.24) is 35.3 Å². The summed E-state index contributed by atoms with van der Waals surface area (Å²) in [5, 5.41) is 15.5. The number of rotatable bonds is 5. The summed E-state index contributed by atoms with van der Waals surface area (Å²) in [6, 6.07) is 14.0. The van der Waals surface area contributed by atoms with E-state index in [-0.39, 0.29) is 35.3 Å². The Labute approximate surface area is 177 Å². The Bertz CT molecular complexity index is 1360. The molecule has 0 saturated heterocycles. The van der Waals surface area contributed by atoms with Crippen LogP contribution in [0.1, 0.15) is 11.5 Å².